The summed E-state index contributed by atoms with van der Waals surface area (Å²) >= 11 is 0. The summed E-state index contributed by atoms with van der Waals surface area (Å²) in [5, 5.41) is 0. The lowest BCUT2D eigenvalue weighted by molar-refractivity contribution is 0.587. The van der Waals surface area contributed by atoms with E-state index in [1.54, 1.807) is 24.3 Å². The smallest absolute Gasteiger partial charge is 0.232 e. The quantitative estimate of drug-likeness (QED) is 0.815. The summed E-state index contributed by atoms with van der Waals surface area (Å²) in [5.41, 5.74) is 1.17. The van der Waals surface area contributed by atoms with Crippen LogP contribution in [0.5, 0.6) is 0 Å². The van der Waals surface area contributed by atoms with Crippen LogP contribution in [-0.2, 0) is 10.0 Å². The molecule has 0 spiro atoms. The van der Waals surface area contributed by atoms with Crippen LogP contribution in [-0.4, -0.2) is 14.2 Å². The standard InChI is InChI=1S/C12H15NO2S/c1-4-11-6-5-7-12(8-11)13-16(14,15)9-10(2)3/h1,5-8,10,13H,9H2,2-3H3. The molecule has 0 saturated heterocycles. The summed E-state index contributed by atoms with van der Waals surface area (Å²) in [7, 11) is -3.28. The van der Waals surface area contributed by atoms with Crippen LogP contribution < -0.4 is 4.72 Å². The lowest BCUT2D eigenvalue weighted by atomic mass is 10.2. The van der Waals surface area contributed by atoms with Crippen LogP contribution in [0.15, 0.2) is 24.3 Å². The van der Waals surface area contributed by atoms with Crippen LogP contribution in [0.1, 0.15) is 19.4 Å². The average Bonchev–Trinajstić information content (AvgIpc) is 2.15. The van der Waals surface area contributed by atoms with Gasteiger partial charge in [0.2, 0.25) is 10.0 Å². The van der Waals surface area contributed by atoms with E-state index in [-0.39, 0.29) is 11.7 Å². The van der Waals surface area contributed by atoms with Crippen molar-refractivity contribution in [2.45, 2.75) is 13.8 Å². The molecule has 0 amide bonds. The van der Waals surface area contributed by atoms with Crippen molar-refractivity contribution in [3.8, 4) is 12.3 Å². The van der Waals surface area contributed by atoms with Crippen molar-refractivity contribution in [2.24, 2.45) is 5.92 Å². The van der Waals surface area contributed by atoms with Crippen molar-refractivity contribution in [1.29, 1.82) is 0 Å². The predicted molar refractivity (Wildman–Crippen MR) is 66.6 cm³/mol. The summed E-state index contributed by atoms with van der Waals surface area (Å²) < 4.78 is 25.8. The molecule has 0 heterocycles. The van der Waals surface area contributed by atoms with Crippen LogP contribution in [0, 0.1) is 18.3 Å². The maximum absolute atomic E-state index is 11.6. The molecule has 3 nitrogen and oxygen atoms in total. The predicted octanol–water partition coefficient (Wildman–Crippen LogP) is 2.07. The lowest BCUT2D eigenvalue weighted by Crippen LogP contribution is -2.20. The van der Waals surface area contributed by atoms with E-state index in [9.17, 15) is 8.42 Å². The molecular formula is C12H15NO2S. The van der Waals surface area contributed by atoms with Gasteiger partial charge in [0.15, 0.2) is 0 Å². The number of sulfonamides is 1. The fourth-order valence-corrected chi connectivity index (χ4v) is 2.78. The van der Waals surface area contributed by atoms with E-state index in [0.29, 0.717) is 11.3 Å². The second-order valence-electron chi connectivity index (χ2n) is 4.00. The fraction of sp³-hybridized carbons (Fsp3) is 0.333. The minimum absolute atomic E-state index is 0.0910. The fourth-order valence-electron chi connectivity index (χ4n) is 1.33. The average molecular weight is 237 g/mol. The van der Waals surface area contributed by atoms with Gasteiger partial charge in [-0.2, -0.15) is 0 Å². The highest BCUT2D eigenvalue weighted by molar-refractivity contribution is 7.92. The number of anilines is 1. The van der Waals surface area contributed by atoms with Gasteiger partial charge >= 0.3 is 0 Å². The first-order chi connectivity index (χ1) is 7.43. The Hall–Kier alpha value is -1.47. The maximum atomic E-state index is 11.6. The Morgan fingerprint density at radius 1 is 1.44 bits per heavy atom. The molecule has 86 valence electrons. The molecule has 0 fully saturated rings. The zero-order chi connectivity index (χ0) is 12.2. The summed E-state index contributed by atoms with van der Waals surface area (Å²) in [6.45, 7) is 3.72. The van der Waals surface area contributed by atoms with E-state index in [0.717, 1.165) is 0 Å². The minimum atomic E-state index is -3.28. The minimum Gasteiger partial charge on any atom is -0.284 e. The van der Waals surface area contributed by atoms with E-state index >= 15 is 0 Å². The van der Waals surface area contributed by atoms with Gasteiger partial charge in [-0.1, -0.05) is 25.8 Å². The summed E-state index contributed by atoms with van der Waals surface area (Å²) in [6, 6.07) is 6.79. The molecule has 1 aromatic rings. The number of hydrogen-bond donors (Lipinski definition) is 1. The van der Waals surface area contributed by atoms with Crippen molar-refractivity contribution in [3.63, 3.8) is 0 Å². The van der Waals surface area contributed by atoms with Gasteiger partial charge in [0.25, 0.3) is 0 Å². The molecule has 0 bridgehead atoms. The summed E-state index contributed by atoms with van der Waals surface area (Å²) in [6.07, 6.45) is 5.24. The van der Waals surface area contributed by atoms with Crippen molar-refractivity contribution in [1.82, 2.24) is 0 Å². The van der Waals surface area contributed by atoms with Crippen LogP contribution in [0.3, 0.4) is 0 Å². The largest absolute Gasteiger partial charge is 0.284 e. The normalized spacial score (nSPS) is 11.1. The molecule has 16 heavy (non-hydrogen) atoms. The van der Waals surface area contributed by atoms with Gasteiger partial charge in [0, 0.05) is 11.3 Å². The van der Waals surface area contributed by atoms with E-state index in [1.807, 2.05) is 13.8 Å². The number of hydrogen-bond acceptors (Lipinski definition) is 2. The van der Waals surface area contributed by atoms with Crippen LogP contribution in [0.25, 0.3) is 0 Å². The van der Waals surface area contributed by atoms with E-state index in [4.69, 9.17) is 6.42 Å². The first-order valence-corrected chi connectivity index (χ1v) is 6.65. The Labute approximate surface area is 96.9 Å². The lowest BCUT2D eigenvalue weighted by Gasteiger charge is -2.09. The Morgan fingerprint density at radius 2 is 2.12 bits per heavy atom. The molecule has 0 saturated carbocycles. The molecule has 0 atom stereocenters. The number of nitrogens with one attached hydrogen (secondary N) is 1. The molecule has 4 heteroatoms. The third kappa shape index (κ3) is 3.95. The molecule has 0 radical (unpaired) electrons. The van der Waals surface area contributed by atoms with E-state index in [2.05, 4.69) is 10.6 Å². The number of terminal acetylenes is 1. The maximum Gasteiger partial charge on any atom is 0.232 e. The van der Waals surface area contributed by atoms with Crippen LogP contribution in [0.2, 0.25) is 0 Å². The summed E-state index contributed by atoms with van der Waals surface area (Å²) in [5.74, 6) is 2.65. The van der Waals surface area contributed by atoms with E-state index < -0.39 is 10.0 Å². The zero-order valence-electron chi connectivity index (χ0n) is 9.40. The van der Waals surface area contributed by atoms with E-state index in [1.165, 1.54) is 0 Å². The Balaban J connectivity index is 2.85. The first-order valence-electron chi connectivity index (χ1n) is 5.00. The molecule has 0 unspecified atom stereocenters. The van der Waals surface area contributed by atoms with Gasteiger partial charge < -0.3 is 0 Å². The zero-order valence-corrected chi connectivity index (χ0v) is 10.2. The summed E-state index contributed by atoms with van der Waals surface area (Å²) in [4.78, 5) is 0. The Bertz CT molecular complexity index is 498. The van der Waals surface area contributed by atoms with Gasteiger partial charge in [-0.05, 0) is 24.1 Å². The van der Waals surface area contributed by atoms with Crippen molar-refractivity contribution >= 4 is 15.7 Å². The monoisotopic (exact) mass is 237 g/mol. The van der Waals surface area contributed by atoms with Crippen molar-refractivity contribution in [3.05, 3.63) is 29.8 Å². The Morgan fingerprint density at radius 3 is 2.69 bits per heavy atom. The Kier molecular flexibility index (Phi) is 3.97. The van der Waals surface area contributed by atoms with Gasteiger partial charge in [-0.25, -0.2) is 8.42 Å². The van der Waals surface area contributed by atoms with Gasteiger partial charge in [0.05, 0.1) is 5.75 Å². The SMILES string of the molecule is C#Cc1cccc(NS(=O)(=O)CC(C)C)c1. The van der Waals surface area contributed by atoms with Crippen molar-refractivity contribution in [2.75, 3.05) is 10.5 Å². The molecule has 0 aliphatic carbocycles. The first kappa shape index (κ1) is 12.6. The molecule has 0 aliphatic heterocycles. The highest BCUT2D eigenvalue weighted by atomic mass is 32.2. The molecule has 0 aliphatic rings. The second-order valence-corrected chi connectivity index (χ2v) is 5.77. The highest BCUT2D eigenvalue weighted by Crippen LogP contribution is 2.12. The van der Waals surface area contributed by atoms with Crippen LogP contribution >= 0.6 is 0 Å². The second kappa shape index (κ2) is 5.04. The third-order valence-electron chi connectivity index (χ3n) is 1.86. The highest BCUT2D eigenvalue weighted by Gasteiger charge is 2.12. The van der Waals surface area contributed by atoms with Crippen LogP contribution in [0.4, 0.5) is 5.69 Å². The molecule has 0 aromatic heterocycles. The van der Waals surface area contributed by atoms with Gasteiger partial charge in [-0.15, -0.1) is 6.42 Å². The molecule has 1 aromatic carbocycles. The topological polar surface area (TPSA) is 46.2 Å². The van der Waals surface area contributed by atoms with Gasteiger partial charge in [0.1, 0.15) is 0 Å². The number of rotatable bonds is 4. The number of benzene rings is 1. The van der Waals surface area contributed by atoms with Gasteiger partial charge in [-0.3, -0.25) is 4.72 Å². The van der Waals surface area contributed by atoms with Crippen molar-refractivity contribution < 1.29 is 8.42 Å². The molecule has 1 N–H and O–H groups in total. The third-order valence-corrected chi connectivity index (χ3v) is 3.51. The molecular weight excluding hydrogens is 222 g/mol. The molecule has 1 rings (SSSR count).